The molecule has 0 radical (unpaired) electrons. The molecule has 0 bridgehead atoms. The first-order valence-electron chi connectivity index (χ1n) is 4.97. The van der Waals surface area contributed by atoms with Gasteiger partial charge in [-0.2, -0.15) is 0 Å². The molecule has 0 amide bonds. The molecule has 2 N–H and O–H groups in total. The van der Waals surface area contributed by atoms with Crippen molar-refractivity contribution in [3.05, 3.63) is 66.7 Å². The molecule has 17 heavy (non-hydrogen) atoms. The minimum Gasteiger partial charge on any atom is -0.316 e. The minimum atomic E-state index is -2.07. The Bertz CT molecular complexity index is 508. The molecule has 1 unspecified atom stereocenters. The number of allylic oxidation sites excluding steroid dienone is 2. The van der Waals surface area contributed by atoms with Crippen molar-refractivity contribution < 1.29 is 8.76 Å². The van der Waals surface area contributed by atoms with Crippen LogP contribution >= 0.6 is 0 Å². The van der Waals surface area contributed by atoms with Crippen LogP contribution in [0, 0.1) is 0 Å². The maximum Gasteiger partial charge on any atom is 0.259 e. The van der Waals surface area contributed by atoms with E-state index >= 15 is 0 Å². The van der Waals surface area contributed by atoms with Gasteiger partial charge in [-0.3, -0.25) is 9.27 Å². The van der Waals surface area contributed by atoms with Crippen molar-refractivity contribution >= 4 is 17.0 Å². The van der Waals surface area contributed by atoms with E-state index < -0.39 is 11.3 Å². The first kappa shape index (κ1) is 11.6. The molecule has 1 aliphatic heterocycles. The summed E-state index contributed by atoms with van der Waals surface area (Å²) in [6, 6.07) is 9.65. The van der Waals surface area contributed by atoms with Gasteiger partial charge < -0.3 is 4.90 Å². The van der Waals surface area contributed by atoms with Crippen LogP contribution in [0.2, 0.25) is 0 Å². The lowest BCUT2D eigenvalue weighted by molar-refractivity contribution is 0.556. The zero-order valence-electron chi connectivity index (χ0n) is 9.04. The SMILES string of the molecule is C=C1C=CC(NS(=O)O)=CN1c1ccccc1. The van der Waals surface area contributed by atoms with Crippen LogP contribution in [0.1, 0.15) is 0 Å². The largest absolute Gasteiger partial charge is 0.316 e. The fourth-order valence-corrected chi connectivity index (χ4v) is 1.84. The highest BCUT2D eigenvalue weighted by atomic mass is 32.2. The summed E-state index contributed by atoms with van der Waals surface area (Å²) in [7, 11) is 0. The summed E-state index contributed by atoms with van der Waals surface area (Å²) in [5, 5.41) is 0. The smallest absolute Gasteiger partial charge is 0.259 e. The van der Waals surface area contributed by atoms with Crippen molar-refractivity contribution in [2.45, 2.75) is 0 Å². The second kappa shape index (κ2) is 4.99. The molecule has 0 saturated carbocycles. The Balaban J connectivity index is 2.28. The van der Waals surface area contributed by atoms with Gasteiger partial charge in [-0.05, 0) is 24.3 Å². The van der Waals surface area contributed by atoms with E-state index in [9.17, 15) is 4.21 Å². The second-order valence-electron chi connectivity index (χ2n) is 3.47. The molecule has 4 nitrogen and oxygen atoms in total. The van der Waals surface area contributed by atoms with Crippen molar-refractivity contribution in [2.24, 2.45) is 0 Å². The number of hydrogen-bond acceptors (Lipinski definition) is 2. The Kier molecular flexibility index (Phi) is 3.41. The fourth-order valence-electron chi connectivity index (χ4n) is 1.52. The number of nitrogens with one attached hydrogen (secondary N) is 1. The number of anilines is 1. The average Bonchev–Trinajstić information content (AvgIpc) is 2.32. The third-order valence-corrected chi connectivity index (χ3v) is 2.68. The van der Waals surface area contributed by atoms with Crippen molar-refractivity contribution in [3.63, 3.8) is 0 Å². The summed E-state index contributed by atoms with van der Waals surface area (Å²) in [5.74, 6) is 0. The van der Waals surface area contributed by atoms with E-state index in [1.165, 1.54) is 0 Å². The van der Waals surface area contributed by atoms with Crippen LogP contribution < -0.4 is 9.62 Å². The fraction of sp³-hybridized carbons (Fsp3) is 0. The van der Waals surface area contributed by atoms with E-state index in [-0.39, 0.29) is 0 Å². The molecule has 0 aliphatic carbocycles. The topological polar surface area (TPSA) is 52.6 Å². The Morgan fingerprint density at radius 2 is 1.94 bits per heavy atom. The molecule has 1 aromatic rings. The van der Waals surface area contributed by atoms with Gasteiger partial charge in [0.2, 0.25) is 0 Å². The van der Waals surface area contributed by atoms with Gasteiger partial charge in [0.05, 0.1) is 5.70 Å². The lowest BCUT2D eigenvalue weighted by Crippen LogP contribution is -2.23. The maximum atomic E-state index is 10.7. The quantitative estimate of drug-likeness (QED) is 0.806. The van der Waals surface area contributed by atoms with E-state index in [4.69, 9.17) is 4.55 Å². The van der Waals surface area contributed by atoms with E-state index in [0.29, 0.717) is 5.70 Å². The average molecular weight is 248 g/mol. The molecular weight excluding hydrogens is 236 g/mol. The lowest BCUT2D eigenvalue weighted by atomic mass is 10.2. The van der Waals surface area contributed by atoms with Crippen molar-refractivity contribution in [3.8, 4) is 0 Å². The van der Waals surface area contributed by atoms with E-state index in [1.54, 1.807) is 18.4 Å². The monoisotopic (exact) mass is 248 g/mol. The number of para-hydroxylation sites is 1. The zero-order valence-corrected chi connectivity index (χ0v) is 9.85. The first-order valence-corrected chi connectivity index (χ1v) is 6.08. The molecule has 5 heteroatoms. The van der Waals surface area contributed by atoms with Gasteiger partial charge in [0.25, 0.3) is 11.3 Å². The summed E-state index contributed by atoms with van der Waals surface area (Å²) in [6.07, 6.45) is 5.21. The third kappa shape index (κ3) is 2.83. The zero-order chi connectivity index (χ0) is 12.3. The predicted molar refractivity (Wildman–Crippen MR) is 69.2 cm³/mol. The van der Waals surface area contributed by atoms with Gasteiger partial charge in [0.1, 0.15) is 0 Å². The Morgan fingerprint density at radius 1 is 1.24 bits per heavy atom. The first-order chi connectivity index (χ1) is 8.16. The van der Waals surface area contributed by atoms with E-state index in [1.807, 2.05) is 35.2 Å². The molecule has 0 spiro atoms. The molecular formula is C12H12N2O2S. The normalized spacial score (nSPS) is 16.6. The van der Waals surface area contributed by atoms with Crippen LogP contribution in [0.15, 0.2) is 66.7 Å². The Hall–Kier alpha value is -1.85. The second-order valence-corrected chi connectivity index (χ2v) is 4.17. The van der Waals surface area contributed by atoms with Gasteiger partial charge >= 0.3 is 0 Å². The standard InChI is InChI=1S/C12H12N2O2S/c1-10-7-8-11(13-17(15)16)9-14(10)12-5-3-2-4-6-12/h2-9,13H,1H2,(H,15,16). The van der Waals surface area contributed by atoms with Crippen LogP contribution in [0.5, 0.6) is 0 Å². The summed E-state index contributed by atoms with van der Waals surface area (Å²) in [5.41, 5.74) is 2.30. The molecule has 88 valence electrons. The van der Waals surface area contributed by atoms with Crippen LogP contribution in [-0.4, -0.2) is 8.76 Å². The van der Waals surface area contributed by atoms with Gasteiger partial charge in [0.15, 0.2) is 0 Å². The molecule has 2 rings (SSSR count). The van der Waals surface area contributed by atoms with E-state index in [0.717, 1.165) is 11.4 Å². The molecule has 0 saturated heterocycles. The number of hydrogen-bond donors (Lipinski definition) is 2. The maximum absolute atomic E-state index is 10.7. The van der Waals surface area contributed by atoms with Crippen LogP contribution in [-0.2, 0) is 11.3 Å². The van der Waals surface area contributed by atoms with Crippen LogP contribution in [0.4, 0.5) is 5.69 Å². The number of rotatable bonds is 3. The van der Waals surface area contributed by atoms with Crippen molar-refractivity contribution in [2.75, 3.05) is 4.90 Å². The number of nitrogens with zero attached hydrogens (tertiary/aromatic N) is 1. The van der Waals surface area contributed by atoms with Crippen LogP contribution in [0.3, 0.4) is 0 Å². The predicted octanol–water partition coefficient (Wildman–Crippen LogP) is 2.14. The molecule has 1 aromatic carbocycles. The van der Waals surface area contributed by atoms with Crippen LogP contribution in [0.25, 0.3) is 0 Å². The number of benzene rings is 1. The molecule has 1 heterocycles. The summed E-state index contributed by atoms with van der Waals surface area (Å²) >= 11 is -2.07. The van der Waals surface area contributed by atoms with Gasteiger partial charge in [-0.1, -0.05) is 24.8 Å². The molecule has 1 aliphatic rings. The highest BCUT2D eigenvalue weighted by molar-refractivity contribution is 7.77. The molecule has 0 fully saturated rings. The summed E-state index contributed by atoms with van der Waals surface area (Å²) in [4.78, 5) is 1.84. The van der Waals surface area contributed by atoms with Gasteiger partial charge in [-0.25, -0.2) is 4.21 Å². The Labute approximate surface area is 102 Å². The van der Waals surface area contributed by atoms with Crippen molar-refractivity contribution in [1.29, 1.82) is 0 Å². The molecule has 1 atom stereocenters. The molecule has 0 aromatic heterocycles. The summed E-state index contributed by atoms with van der Waals surface area (Å²) < 4.78 is 21.9. The van der Waals surface area contributed by atoms with Gasteiger partial charge in [-0.15, -0.1) is 0 Å². The highest BCUT2D eigenvalue weighted by Crippen LogP contribution is 2.23. The van der Waals surface area contributed by atoms with Crippen molar-refractivity contribution in [1.82, 2.24) is 4.72 Å². The van der Waals surface area contributed by atoms with E-state index in [2.05, 4.69) is 11.3 Å². The minimum absolute atomic E-state index is 0.557. The summed E-state index contributed by atoms with van der Waals surface area (Å²) in [6.45, 7) is 3.91. The Morgan fingerprint density at radius 3 is 2.59 bits per heavy atom. The highest BCUT2D eigenvalue weighted by Gasteiger charge is 2.11. The lowest BCUT2D eigenvalue weighted by Gasteiger charge is -2.25. The van der Waals surface area contributed by atoms with Gasteiger partial charge in [0, 0.05) is 17.6 Å². The third-order valence-electron chi connectivity index (χ3n) is 2.27.